The zero-order chi connectivity index (χ0) is 12.3. The number of hydrogen-bond acceptors (Lipinski definition) is 2. The van der Waals surface area contributed by atoms with Crippen molar-refractivity contribution in [1.82, 2.24) is 10.2 Å². The van der Waals surface area contributed by atoms with Crippen LogP contribution in [0.1, 0.15) is 32.3 Å². The highest BCUT2D eigenvalue weighted by Gasteiger charge is 2.16. The van der Waals surface area contributed by atoms with Crippen LogP contribution in [0.15, 0.2) is 47.9 Å². The summed E-state index contributed by atoms with van der Waals surface area (Å²) in [5.74, 6) is 0. The molecular formula is C15H20N2. The molecule has 0 unspecified atom stereocenters. The molecule has 1 heterocycles. The maximum absolute atomic E-state index is 3.53. The Labute approximate surface area is 104 Å². The minimum atomic E-state index is 1.02. The Morgan fingerprint density at radius 3 is 2.35 bits per heavy atom. The van der Waals surface area contributed by atoms with E-state index in [1.807, 2.05) is 0 Å². The monoisotopic (exact) mass is 228 g/mol. The summed E-state index contributed by atoms with van der Waals surface area (Å²) in [7, 11) is 2.12. The second-order valence-corrected chi connectivity index (χ2v) is 4.29. The second-order valence-electron chi connectivity index (χ2n) is 4.29. The van der Waals surface area contributed by atoms with E-state index in [1.54, 1.807) is 0 Å². The predicted molar refractivity (Wildman–Crippen MR) is 72.9 cm³/mol. The summed E-state index contributed by atoms with van der Waals surface area (Å²) < 4.78 is 0. The Morgan fingerprint density at radius 2 is 1.76 bits per heavy atom. The van der Waals surface area contributed by atoms with E-state index in [0.29, 0.717) is 0 Å². The second kappa shape index (κ2) is 5.09. The number of benzene rings is 1. The van der Waals surface area contributed by atoms with E-state index in [4.69, 9.17) is 0 Å². The zero-order valence-corrected chi connectivity index (χ0v) is 10.8. The van der Waals surface area contributed by atoms with Crippen molar-refractivity contribution >= 4 is 5.70 Å². The van der Waals surface area contributed by atoms with Crippen LogP contribution in [0.4, 0.5) is 0 Å². The Morgan fingerprint density at radius 1 is 1.06 bits per heavy atom. The van der Waals surface area contributed by atoms with Crippen LogP contribution in [0, 0.1) is 0 Å². The van der Waals surface area contributed by atoms with Crippen molar-refractivity contribution in [2.24, 2.45) is 0 Å². The first-order chi connectivity index (χ1) is 8.26. The van der Waals surface area contributed by atoms with E-state index in [1.165, 1.54) is 22.7 Å². The molecule has 1 N–H and O–H groups in total. The molecule has 0 atom stereocenters. The molecule has 1 aliphatic rings. The Kier molecular flexibility index (Phi) is 3.52. The fraction of sp³-hybridized carbons (Fsp3) is 0.333. The number of hydrogen-bond donors (Lipinski definition) is 1. The summed E-state index contributed by atoms with van der Waals surface area (Å²) in [6.07, 6.45) is 4.24. The number of allylic oxidation sites excluding steroid dienone is 2. The van der Waals surface area contributed by atoms with Gasteiger partial charge in [0.05, 0.1) is 5.70 Å². The lowest BCUT2D eigenvalue weighted by atomic mass is 10.1. The molecule has 0 bridgehead atoms. The molecule has 2 heteroatoms. The summed E-state index contributed by atoms with van der Waals surface area (Å²) >= 11 is 0. The molecule has 0 saturated heterocycles. The summed E-state index contributed by atoms with van der Waals surface area (Å²) in [4.78, 5) is 2.23. The van der Waals surface area contributed by atoms with Crippen molar-refractivity contribution in [3.63, 3.8) is 0 Å². The van der Waals surface area contributed by atoms with Crippen LogP contribution in [-0.2, 0) is 0 Å². The quantitative estimate of drug-likeness (QED) is 0.851. The van der Waals surface area contributed by atoms with Crippen molar-refractivity contribution in [1.29, 1.82) is 0 Å². The molecular weight excluding hydrogens is 208 g/mol. The molecule has 1 aromatic carbocycles. The summed E-state index contributed by atoms with van der Waals surface area (Å²) in [5.41, 5.74) is 5.14. The third-order valence-corrected chi connectivity index (χ3v) is 3.08. The fourth-order valence-electron chi connectivity index (χ4n) is 2.21. The topological polar surface area (TPSA) is 15.3 Å². The van der Waals surface area contributed by atoms with E-state index in [-0.39, 0.29) is 0 Å². The average Bonchev–Trinajstić information content (AvgIpc) is 2.38. The van der Waals surface area contributed by atoms with Gasteiger partial charge in [-0.05, 0) is 18.4 Å². The van der Waals surface area contributed by atoms with Crippen molar-refractivity contribution in [2.75, 3.05) is 7.05 Å². The van der Waals surface area contributed by atoms with Gasteiger partial charge in [0, 0.05) is 24.6 Å². The lowest BCUT2D eigenvalue weighted by molar-refractivity contribution is 0.594. The van der Waals surface area contributed by atoms with E-state index in [9.17, 15) is 0 Å². The Bertz CT molecular complexity index is 443. The first-order valence-electron chi connectivity index (χ1n) is 6.25. The van der Waals surface area contributed by atoms with Gasteiger partial charge in [0.25, 0.3) is 0 Å². The average molecular weight is 228 g/mol. The normalized spacial score (nSPS) is 15.7. The molecule has 0 amide bonds. The highest BCUT2D eigenvalue weighted by atomic mass is 15.1. The van der Waals surface area contributed by atoms with Crippen LogP contribution in [0.5, 0.6) is 0 Å². The van der Waals surface area contributed by atoms with Gasteiger partial charge in [-0.2, -0.15) is 0 Å². The fourth-order valence-corrected chi connectivity index (χ4v) is 2.21. The van der Waals surface area contributed by atoms with Crippen LogP contribution >= 0.6 is 0 Å². The molecule has 0 radical (unpaired) electrons. The zero-order valence-electron chi connectivity index (χ0n) is 10.8. The molecule has 0 fully saturated rings. The molecule has 2 nitrogen and oxygen atoms in total. The van der Waals surface area contributed by atoms with Crippen molar-refractivity contribution < 1.29 is 0 Å². The van der Waals surface area contributed by atoms with Gasteiger partial charge in [-0.15, -0.1) is 0 Å². The van der Waals surface area contributed by atoms with Crippen LogP contribution in [0.25, 0.3) is 5.70 Å². The summed E-state index contributed by atoms with van der Waals surface area (Å²) in [5, 5.41) is 3.53. The largest absolute Gasteiger partial charge is 0.359 e. The van der Waals surface area contributed by atoms with Gasteiger partial charge in [0.1, 0.15) is 0 Å². The van der Waals surface area contributed by atoms with Crippen LogP contribution < -0.4 is 5.32 Å². The molecule has 2 rings (SSSR count). The van der Waals surface area contributed by atoms with E-state index in [0.717, 1.165) is 12.8 Å². The maximum atomic E-state index is 3.53. The maximum Gasteiger partial charge on any atom is 0.0673 e. The Hall–Kier alpha value is -1.70. The molecule has 0 aliphatic carbocycles. The van der Waals surface area contributed by atoms with E-state index >= 15 is 0 Å². The highest BCUT2D eigenvalue weighted by molar-refractivity contribution is 5.69. The van der Waals surface area contributed by atoms with Gasteiger partial charge < -0.3 is 10.2 Å². The molecule has 17 heavy (non-hydrogen) atoms. The number of nitrogens with one attached hydrogen (secondary N) is 1. The minimum absolute atomic E-state index is 1.02. The van der Waals surface area contributed by atoms with E-state index in [2.05, 4.69) is 67.6 Å². The number of nitrogens with zero attached hydrogens (tertiary/aromatic N) is 1. The third kappa shape index (κ3) is 2.36. The molecule has 0 aromatic heterocycles. The molecule has 0 saturated carbocycles. The van der Waals surface area contributed by atoms with Gasteiger partial charge in [-0.1, -0.05) is 44.2 Å². The van der Waals surface area contributed by atoms with Gasteiger partial charge >= 0.3 is 0 Å². The van der Waals surface area contributed by atoms with Gasteiger partial charge in [-0.3, -0.25) is 0 Å². The van der Waals surface area contributed by atoms with Crippen molar-refractivity contribution in [2.45, 2.75) is 26.7 Å². The van der Waals surface area contributed by atoms with Crippen LogP contribution in [0.2, 0.25) is 0 Å². The molecule has 0 spiro atoms. The van der Waals surface area contributed by atoms with Crippen LogP contribution in [0.3, 0.4) is 0 Å². The van der Waals surface area contributed by atoms with Crippen molar-refractivity contribution in [3.8, 4) is 0 Å². The molecule has 90 valence electrons. The SMILES string of the molecule is CCC1=CN(C)C(c2ccccc2)=C(CC)N1. The van der Waals surface area contributed by atoms with Gasteiger partial charge in [-0.25, -0.2) is 0 Å². The standard InChI is InChI=1S/C15H20N2/c1-4-13-11-17(3)15(14(5-2)16-13)12-9-7-6-8-10-12/h6-11,16H,4-5H2,1-3H3. The summed E-state index contributed by atoms with van der Waals surface area (Å²) in [6.45, 7) is 4.37. The smallest absolute Gasteiger partial charge is 0.0673 e. The van der Waals surface area contributed by atoms with Gasteiger partial charge in [0.2, 0.25) is 0 Å². The lowest BCUT2D eigenvalue weighted by Crippen LogP contribution is -2.26. The summed E-state index contributed by atoms with van der Waals surface area (Å²) in [6, 6.07) is 10.5. The minimum Gasteiger partial charge on any atom is -0.359 e. The highest BCUT2D eigenvalue weighted by Crippen LogP contribution is 2.27. The predicted octanol–water partition coefficient (Wildman–Crippen LogP) is 3.55. The van der Waals surface area contributed by atoms with E-state index < -0.39 is 0 Å². The first-order valence-corrected chi connectivity index (χ1v) is 6.25. The third-order valence-electron chi connectivity index (χ3n) is 3.08. The molecule has 1 aromatic rings. The Balaban J connectivity index is 2.40. The lowest BCUT2D eigenvalue weighted by Gasteiger charge is -2.30. The molecule has 1 aliphatic heterocycles. The number of rotatable bonds is 3. The van der Waals surface area contributed by atoms with Crippen LogP contribution in [-0.4, -0.2) is 11.9 Å². The van der Waals surface area contributed by atoms with Crippen molar-refractivity contribution in [3.05, 3.63) is 53.5 Å². The first kappa shape index (κ1) is 11.8. The van der Waals surface area contributed by atoms with Gasteiger partial charge in [0.15, 0.2) is 0 Å².